The molecular weight excluding hydrogens is 361 g/mol. The van der Waals surface area contributed by atoms with Crippen molar-refractivity contribution >= 4 is 16.0 Å². The maximum atomic E-state index is 14.1. The highest BCUT2D eigenvalue weighted by molar-refractivity contribution is 7.89. The molecule has 140 valence electrons. The Bertz CT molecular complexity index is 855. The molecule has 0 aliphatic rings. The highest BCUT2D eigenvalue weighted by atomic mass is 32.2. The first-order chi connectivity index (χ1) is 12.3. The van der Waals surface area contributed by atoms with Gasteiger partial charge in [0, 0.05) is 18.5 Å². The summed E-state index contributed by atoms with van der Waals surface area (Å²) in [5.74, 6) is -1.76. The van der Waals surface area contributed by atoms with Gasteiger partial charge in [-0.2, -0.15) is 0 Å². The predicted molar refractivity (Wildman–Crippen MR) is 94.1 cm³/mol. The summed E-state index contributed by atoms with van der Waals surface area (Å²) in [7, 11) is -2.81. The van der Waals surface area contributed by atoms with Gasteiger partial charge in [-0.1, -0.05) is 30.3 Å². The van der Waals surface area contributed by atoms with E-state index >= 15 is 0 Å². The largest absolute Gasteiger partial charge is 0.497 e. The molecule has 26 heavy (non-hydrogen) atoms. The number of aliphatic carboxylic acids is 1. The van der Waals surface area contributed by atoms with Gasteiger partial charge in [0.2, 0.25) is 10.0 Å². The minimum atomic E-state index is -4.16. The molecule has 0 spiro atoms. The Balaban J connectivity index is 2.23. The van der Waals surface area contributed by atoms with E-state index < -0.39 is 32.7 Å². The van der Waals surface area contributed by atoms with E-state index in [1.54, 1.807) is 12.1 Å². The van der Waals surface area contributed by atoms with Gasteiger partial charge >= 0.3 is 5.97 Å². The highest BCUT2D eigenvalue weighted by Crippen LogP contribution is 2.21. The van der Waals surface area contributed by atoms with Gasteiger partial charge in [-0.25, -0.2) is 17.5 Å². The molecule has 2 N–H and O–H groups in total. The highest BCUT2D eigenvalue weighted by Gasteiger charge is 2.24. The molecule has 0 saturated heterocycles. The summed E-state index contributed by atoms with van der Waals surface area (Å²) < 4.78 is 46.5. The molecule has 0 heterocycles. The minimum Gasteiger partial charge on any atom is -0.497 e. The van der Waals surface area contributed by atoms with Gasteiger partial charge < -0.3 is 9.84 Å². The van der Waals surface area contributed by atoms with E-state index in [0.29, 0.717) is 6.42 Å². The van der Waals surface area contributed by atoms with Gasteiger partial charge in [-0.15, -0.1) is 0 Å². The number of benzene rings is 2. The number of methoxy groups -OCH3 is 1. The zero-order chi connectivity index (χ0) is 19.2. The monoisotopic (exact) mass is 381 g/mol. The van der Waals surface area contributed by atoms with Crippen LogP contribution in [0, 0.1) is 5.82 Å². The summed E-state index contributed by atoms with van der Waals surface area (Å²) in [5, 5.41) is 8.89. The van der Waals surface area contributed by atoms with Crippen molar-refractivity contribution < 1.29 is 27.4 Å². The first-order valence-corrected chi connectivity index (χ1v) is 9.41. The van der Waals surface area contributed by atoms with E-state index in [0.717, 1.165) is 17.7 Å². The molecule has 1 unspecified atom stereocenters. The molecule has 1 atom stereocenters. The minimum absolute atomic E-state index is 0.0846. The quantitative estimate of drug-likeness (QED) is 0.696. The van der Waals surface area contributed by atoms with Crippen LogP contribution in [-0.4, -0.2) is 32.6 Å². The number of rotatable bonds is 9. The lowest BCUT2D eigenvalue weighted by molar-refractivity contribution is -0.137. The van der Waals surface area contributed by atoms with Crippen molar-refractivity contribution in [2.75, 3.05) is 7.11 Å². The predicted octanol–water partition coefficient (Wildman–Crippen LogP) is 2.59. The maximum absolute atomic E-state index is 14.1. The van der Waals surface area contributed by atoms with E-state index in [2.05, 4.69) is 4.72 Å². The molecule has 2 rings (SSSR count). The number of hydrogen-bond donors (Lipinski definition) is 2. The Kier molecular flexibility index (Phi) is 6.70. The number of hydrogen-bond acceptors (Lipinski definition) is 4. The van der Waals surface area contributed by atoms with Gasteiger partial charge in [-0.3, -0.25) is 4.79 Å². The third-order valence-corrected chi connectivity index (χ3v) is 5.34. The molecule has 6 nitrogen and oxygen atoms in total. The SMILES string of the molecule is COc1ccc(S(=O)(=O)NC(CCC(=O)O)Cc2ccccc2)c(F)c1. The van der Waals surface area contributed by atoms with E-state index in [1.807, 2.05) is 18.2 Å². The number of nitrogens with one attached hydrogen (secondary N) is 1. The Morgan fingerprint density at radius 3 is 2.50 bits per heavy atom. The Labute approximate surface area is 151 Å². The first-order valence-electron chi connectivity index (χ1n) is 7.93. The lowest BCUT2D eigenvalue weighted by Crippen LogP contribution is -2.37. The topological polar surface area (TPSA) is 92.7 Å². The first kappa shape index (κ1) is 19.9. The smallest absolute Gasteiger partial charge is 0.303 e. The maximum Gasteiger partial charge on any atom is 0.303 e. The third kappa shape index (κ3) is 5.53. The molecule has 0 aliphatic heterocycles. The van der Waals surface area contributed by atoms with Crippen LogP contribution in [0.5, 0.6) is 5.75 Å². The number of sulfonamides is 1. The van der Waals surface area contributed by atoms with E-state index in [1.165, 1.54) is 13.2 Å². The number of carboxylic acids is 1. The van der Waals surface area contributed by atoms with Gasteiger partial charge in [0.1, 0.15) is 16.5 Å². The average molecular weight is 381 g/mol. The summed E-state index contributed by atoms with van der Waals surface area (Å²) in [6.07, 6.45) is 0.178. The number of carboxylic acid groups (broad SMARTS) is 1. The van der Waals surface area contributed by atoms with Crippen LogP contribution in [-0.2, 0) is 21.2 Å². The summed E-state index contributed by atoms with van der Waals surface area (Å²) >= 11 is 0. The Morgan fingerprint density at radius 1 is 1.23 bits per heavy atom. The van der Waals surface area contributed by atoms with Crippen molar-refractivity contribution in [2.45, 2.75) is 30.2 Å². The zero-order valence-electron chi connectivity index (χ0n) is 14.2. The molecule has 0 aromatic heterocycles. The lowest BCUT2D eigenvalue weighted by atomic mass is 10.0. The fraction of sp³-hybridized carbons (Fsp3) is 0.278. The standard InChI is InChI=1S/C18H20FNO5S/c1-25-15-8-9-17(16(19)12-15)26(23,24)20-14(7-10-18(21)22)11-13-5-3-2-4-6-13/h2-6,8-9,12,14,20H,7,10-11H2,1H3,(H,21,22). The summed E-state index contributed by atoms with van der Waals surface area (Å²) in [6, 6.07) is 11.8. The average Bonchev–Trinajstić information content (AvgIpc) is 2.60. The van der Waals surface area contributed by atoms with Gasteiger partial charge in [0.05, 0.1) is 7.11 Å². The van der Waals surface area contributed by atoms with E-state index in [9.17, 15) is 17.6 Å². The second kappa shape index (κ2) is 8.77. The van der Waals surface area contributed by atoms with E-state index in [-0.39, 0.29) is 18.6 Å². The van der Waals surface area contributed by atoms with Crippen LogP contribution >= 0.6 is 0 Å². The molecule has 2 aromatic rings. The van der Waals surface area contributed by atoms with Crippen molar-refractivity contribution in [2.24, 2.45) is 0 Å². The van der Waals surface area contributed by atoms with Crippen LogP contribution in [0.1, 0.15) is 18.4 Å². The van der Waals surface area contributed by atoms with Crippen LogP contribution in [0.15, 0.2) is 53.4 Å². The lowest BCUT2D eigenvalue weighted by Gasteiger charge is -2.19. The van der Waals surface area contributed by atoms with Crippen molar-refractivity contribution in [3.63, 3.8) is 0 Å². The van der Waals surface area contributed by atoms with Crippen LogP contribution in [0.4, 0.5) is 4.39 Å². The molecule has 0 bridgehead atoms. The molecule has 0 aliphatic carbocycles. The number of carbonyl (C=O) groups is 1. The molecule has 0 amide bonds. The van der Waals surface area contributed by atoms with E-state index in [4.69, 9.17) is 9.84 Å². The molecular formula is C18H20FNO5S. The Hall–Kier alpha value is -2.45. The summed E-state index contributed by atoms with van der Waals surface area (Å²) in [6.45, 7) is 0. The van der Waals surface area contributed by atoms with Crippen molar-refractivity contribution in [3.8, 4) is 5.75 Å². The molecule has 8 heteroatoms. The van der Waals surface area contributed by atoms with Crippen LogP contribution < -0.4 is 9.46 Å². The fourth-order valence-electron chi connectivity index (χ4n) is 2.51. The normalized spacial score (nSPS) is 12.5. The number of ether oxygens (including phenoxy) is 1. The third-order valence-electron chi connectivity index (χ3n) is 3.78. The fourth-order valence-corrected chi connectivity index (χ4v) is 3.84. The van der Waals surface area contributed by atoms with Gasteiger partial charge in [-0.05, 0) is 30.5 Å². The van der Waals surface area contributed by atoms with Crippen molar-refractivity contribution in [1.82, 2.24) is 4.72 Å². The zero-order valence-corrected chi connectivity index (χ0v) is 15.0. The van der Waals surface area contributed by atoms with Gasteiger partial charge in [0.15, 0.2) is 0 Å². The molecule has 0 fully saturated rings. The van der Waals surface area contributed by atoms with Crippen LogP contribution in [0.2, 0.25) is 0 Å². The summed E-state index contributed by atoms with van der Waals surface area (Å²) in [5.41, 5.74) is 0.848. The molecule has 2 aromatic carbocycles. The van der Waals surface area contributed by atoms with Crippen LogP contribution in [0.25, 0.3) is 0 Å². The summed E-state index contributed by atoms with van der Waals surface area (Å²) in [4.78, 5) is 10.4. The van der Waals surface area contributed by atoms with Crippen molar-refractivity contribution in [1.29, 1.82) is 0 Å². The van der Waals surface area contributed by atoms with Gasteiger partial charge in [0.25, 0.3) is 0 Å². The molecule has 0 saturated carbocycles. The number of halogens is 1. The second-order valence-electron chi connectivity index (χ2n) is 5.74. The van der Waals surface area contributed by atoms with Crippen LogP contribution in [0.3, 0.4) is 0 Å². The Morgan fingerprint density at radius 2 is 1.92 bits per heavy atom. The van der Waals surface area contributed by atoms with Crippen molar-refractivity contribution in [3.05, 3.63) is 59.9 Å². The molecule has 0 radical (unpaired) electrons. The second-order valence-corrected chi connectivity index (χ2v) is 7.42.